The molecule has 26 heavy (non-hydrogen) atoms. The quantitative estimate of drug-likeness (QED) is 0.725. The Bertz CT molecular complexity index is 623. The maximum atomic E-state index is 12.4. The Morgan fingerprint density at radius 3 is 2.12 bits per heavy atom. The van der Waals surface area contributed by atoms with Gasteiger partial charge in [0.25, 0.3) is 0 Å². The third kappa shape index (κ3) is 7.13. The molecule has 0 N–H and O–H groups in total. The minimum atomic E-state index is -0.997. The van der Waals surface area contributed by atoms with Crippen LogP contribution in [0.3, 0.4) is 0 Å². The van der Waals surface area contributed by atoms with E-state index in [1.54, 1.807) is 34.9 Å². The lowest BCUT2D eigenvalue weighted by molar-refractivity contribution is -0.158. The highest BCUT2D eigenvalue weighted by Gasteiger charge is 2.33. The van der Waals surface area contributed by atoms with Crippen LogP contribution in [0.15, 0.2) is 30.3 Å². The molecule has 1 rings (SSSR count). The molecule has 144 valence electrons. The van der Waals surface area contributed by atoms with Gasteiger partial charge in [-0.15, -0.1) is 0 Å². The number of carbonyl (C=O) groups is 3. The summed E-state index contributed by atoms with van der Waals surface area (Å²) in [6.07, 6.45) is -0.928. The van der Waals surface area contributed by atoms with Crippen molar-refractivity contribution >= 4 is 18.0 Å². The lowest BCUT2D eigenvalue weighted by Crippen LogP contribution is -2.49. The van der Waals surface area contributed by atoms with Gasteiger partial charge >= 0.3 is 12.1 Å². The van der Waals surface area contributed by atoms with Crippen LogP contribution in [0.5, 0.6) is 0 Å². The van der Waals surface area contributed by atoms with Crippen LogP contribution in [-0.4, -0.2) is 60.6 Å². The van der Waals surface area contributed by atoms with Gasteiger partial charge in [-0.2, -0.15) is 0 Å². The maximum Gasteiger partial charge on any atom is 0.410 e. The lowest BCUT2D eigenvalue weighted by atomic mass is 10.1. The van der Waals surface area contributed by atoms with Crippen LogP contribution in [0.2, 0.25) is 0 Å². The molecule has 0 heterocycles. The topological polar surface area (TPSA) is 76.2 Å². The molecule has 0 radical (unpaired) electrons. The monoisotopic (exact) mass is 364 g/mol. The summed E-state index contributed by atoms with van der Waals surface area (Å²) in [4.78, 5) is 39.4. The normalized spacial score (nSPS) is 12.1. The van der Waals surface area contributed by atoms with E-state index in [9.17, 15) is 14.4 Å². The number of nitrogens with zero attached hydrogens (tertiary/aromatic N) is 2. The second-order valence-electron chi connectivity index (χ2n) is 7.19. The van der Waals surface area contributed by atoms with Crippen molar-refractivity contribution in [3.05, 3.63) is 35.9 Å². The summed E-state index contributed by atoms with van der Waals surface area (Å²) in [5.74, 6) is -0.935. The molecule has 1 aromatic carbocycles. The highest BCUT2D eigenvalue weighted by Crippen LogP contribution is 2.14. The van der Waals surface area contributed by atoms with Crippen molar-refractivity contribution < 1.29 is 23.9 Å². The van der Waals surface area contributed by atoms with Gasteiger partial charge in [0.2, 0.25) is 5.91 Å². The van der Waals surface area contributed by atoms with Crippen molar-refractivity contribution in [2.75, 3.05) is 21.1 Å². The molecule has 0 saturated heterocycles. The Morgan fingerprint density at radius 1 is 1.04 bits per heavy atom. The molecule has 1 aromatic rings. The molecule has 0 aromatic heterocycles. The number of rotatable bonds is 6. The third-order valence-electron chi connectivity index (χ3n) is 3.47. The van der Waals surface area contributed by atoms with Crippen LogP contribution in [0.25, 0.3) is 0 Å². The van der Waals surface area contributed by atoms with E-state index < -0.39 is 23.7 Å². The first-order valence-corrected chi connectivity index (χ1v) is 8.38. The predicted molar refractivity (Wildman–Crippen MR) is 97.3 cm³/mol. The van der Waals surface area contributed by atoms with E-state index in [0.717, 1.165) is 10.5 Å². The van der Waals surface area contributed by atoms with Crippen molar-refractivity contribution in [3.8, 4) is 0 Å². The summed E-state index contributed by atoms with van der Waals surface area (Å²) < 4.78 is 10.5. The average molecular weight is 364 g/mol. The van der Waals surface area contributed by atoms with Gasteiger partial charge in [-0.3, -0.25) is 14.5 Å². The Morgan fingerprint density at radius 2 is 1.62 bits per heavy atom. The number of esters is 1. The van der Waals surface area contributed by atoms with Gasteiger partial charge in [0.05, 0.1) is 6.42 Å². The molecule has 0 unspecified atom stereocenters. The molecular formula is C19H28N2O5. The number of benzene rings is 1. The van der Waals surface area contributed by atoms with Gasteiger partial charge in [-0.1, -0.05) is 30.3 Å². The molecule has 0 fully saturated rings. The predicted octanol–water partition coefficient (Wildman–Crippen LogP) is 2.44. The fourth-order valence-electron chi connectivity index (χ4n) is 2.18. The van der Waals surface area contributed by atoms with Gasteiger partial charge in [-0.25, -0.2) is 4.79 Å². The molecule has 0 spiro atoms. The van der Waals surface area contributed by atoms with E-state index in [1.165, 1.54) is 11.9 Å². The van der Waals surface area contributed by atoms with Gasteiger partial charge in [0, 0.05) is 21.1 Å². The van der Waals surface area contributed by atoms with Gasteiger partial charge in [0.15, 0.2) is 0 Å². The Labute approximate surface area is 154 Å². The third-order valence-corrected chi connectivity index (χ3v) is 3.47. The van der Waals surface area contributed by atoms with Crippen LogP contribution in [0.1, 0.15) is 32.8 Å². The Balaban J connectivity index is 2.79. The zero-order valence-electron chi connectivity index (χ0n) is 16.3. The van der Waals surface area contributed by atoms with Gasteiger partial charge in [0.1, 0.15) is 18.2 Å². The number of amides is 2. The largest absolute Gasteiger partial charge is 0.460 e. The van der Waals surface area contributed by atoms with E-state index >= 15 is 0 Å². The minimum absolute atomic E-state index is 0.0827. The van der Waals surface area contributed by atoms with Crippen LogP contribution in [0.4, 0.5) is 4.79 Å². The van der Waals surface area contributed by atoms with E-state index in [2.05, 4.69) is 0 Å². The van der Waals surface area contributed by atoms with Crippen molar-refractivity contribution in [2.24, 2.45) is 0 Å². The van der Waals surface area contributed by atoms with Crippen molar-refractivity contribution in [3.63, 3.8) is 0 Å². The number of likely N-dealkylation sites (N-methyl/N-ethyl adjacent to an activating group) is 2. The van der Waals surface area contributed by atoms with E-state index in [-0.39, 0.29) is 18.9 Å². The summed E-state index contributed by atoms with van der Waals surface area (Å²) >= 11 is 0. The molecule has 0 bridgehead atoms. The van der Waals surface area contributed by atoms with E-state index in [4.69, 9.17) is 9.47 Å². The van der Waals surface area contributed by atoms with E-state index in [1.807, 2.05) is 30.3 Å². The molecule has 7 heteroatoms. The number of carbonyl (C=O) groups excluding carboxylic acids is 3. The second kappa shape index (κ2) is 9.22. The van der Waals surface area contributed by atoms with Crippen molar-refractivity contribution in [1.82, 2.24) is 9.80 Å². The molecule has 0 aliphatic carbocycles. The number of hydrogen-bond acceptors (Lipinski definition) is 5. The highest BCUT2D eigenvalue weighted by molar-refractivity contribution is 5.89. The average Bonchev–Trinajstić information content (AvgIpc) is 2.55. The fraction of sp³-hybridized carbons (Fsp3) is 0.526. The SMILES string of the molecule is CN(C)C(=O)[C@H](CC(=O)OC(C)(C)C)N(C)C(=O)OCc1ccccc1. The first-order chi connectivity index (χ1) is 12.0. The van der Waals surface area contributed by atoms with Crippen LogP contribution in [0, 0.1) is 0 Å². The van der Waals surface area contributed by atoms with Crippen LogP contribution in [-0.2, 0) is 25.7 Å². The number of ether oxygens (including phenoxy) is 2. The van der Waals surface area contributed by atoms with Gasteiger partial charge < -0.3 is 14.4 Å². The lowest BCUT2D eigenvalue weighted by Gasteiger charge is -2.29. The summed E-state index contributed by atoms with van der Waals surface area (Å²) in [5.41, 5.74) is 0.159. The van der Waals surface area contributed by atoms with Crippen LogP contribution < -0.4 is 0 Å². The highest BCUT2D eigenvalue weighted by atomic mass is 16.6. The van der Waals surface area contributed by atoms with Gasteiger partial charge in [-0.05, 0) is 26.3 Å². The Hall–Kier alpha value is -2.57. The van der Waals surface area contributed by atoms with Crippen LogP contribution >= 0.6 is 0 Å². The standard InChI is InChI=1S/C19H28N2O5/c1-19(2,3)26-16(22)12-15(17(23)20(4)5)21(6)18(24)25-13-14-10-8-7-9-11-14/h7-11,15H,12-13H2,1-6H3/t15-/m0/s1. The molecule has 7 nitrogen and oxygen atoms in total. The zero-order chi connectivity index (χ0) is 19.9. The van der Waals surface area contributed by atoms with Crippen molar-refractivity contribution in [1.29, 1.82) is 0 Å². The summed E-state index contributed by atoms with van der Waals surface area (Å²) in [6, 6.07) is 8.21. The summed E-state index contributed by atoms with van der Waals surface area (Å²) in [5, 5.41) is 0. The summed E-state index contributed by atoms with van der Waals surface area (Å²) in [6.45, 7) is 5.31. The molecule has 1 atom stereocenters. The molecule has 0 saturated carbocycles. The van der Waals surface area contributed by atoms with E-state index in [0.29, 0.717) is 0 Å². The summed E-state index contributed by atoms with van der Waals surface area (Å²) in [7, 11) is 4.56. The first-order valence-electron chi connectivity index (χ1n) is 8.38. The Kier molecular flexibility index (Phi) is 7.61. The molecular weight excluding hydrogens is 336 g/mol. The second-order valence-corrected chi connectivity index (χ2v) is 7.19. The molecule has 0 aliphatic rings. The smallest absolute Gasteiger partial charge is 0.410 e. The molecule has 0 aliphatic heterocycles. The minimum Gasteiger partial charge on any atom is -0.460 e. The molecule has 2 amide bonds. The van der Waals surface area contributed by atoms with Crippen molar-refractivity contribution in [2.45, 2.75) is 45.4 Å². The zero-order valence-corrected chi connectivity index (χ0v) is 16.3. The number of hydrogen-bond donors (Lipinski definition) is 0. The maximum absolute atomic E-state index is 12.4. The first kappa shape index (κ1) is 21.5. The fourth-order valence-corrected chi connectivity index (χ4v) is 2.18.